The molecule has 0 saturated carbocycles. The van der Waals surface area contributed by atoms with E-state index < -0.39 is 10.0 Å². The molecule has 0 aromatic heterocycles. The van der Waals surface area contributed by atoms with Gasteiger partial charge >= 0.3 is 0 Å². The van der Waals surface area contributed by atoms with Crippen LogP contribution in [0.2, 0.25) is 0 Å². The molecule has 3 rings (SSSR count). The summed E-state index contributed by atoms with van der Waals surface area (Å²) in [5.41, 5.74) is 1.07. The Morgan fingerprint density at radius 3 is 2.46 bits per heavy atom. The van der Waals surface area contributed by atoms with Crippen molar-refractivity contribution in [3.63, 3.8) is 0 Å². The largest absolute Gasteiger partial charge is 0.506 e. The van der Waals surface area contributed by atoms with E-state index in [0.717, 1.165) is 24.2 Å². The van der Waals surface area contributed by atoms with E-state index in [1.165, 1.54) is 22.5 Å². The maximum absolute atomic E-state index is 12.7. The first kappa shape index (κ1) is 20.2. The van der Waals surface area contributed by atoms with Crippen molar-refractivity contribution in [3.05, 3.63) is 48.0 Å². The van der Waals surface area contributed by atoms with Crippen molar-refractivity contribution in [2.45, 2.75) is 30.6 Å². The van der Waals surface area contributed by atoms with Gasteiger partial charge in [-0.15, -0.1) is 0 Å². The molecule has 28 heavy (non-hydrogen) atoms. The Morgan fingerprint density at radius 1 is 1.14 bits per heavy atom. The van der Waals surface area contributed by atoms with Gasteiger partial charge in [0.25, 0.3) is 0 Å². The van der Waals surface area contributed by atoms with E-state index >= 15 is 0 Å². The fourth-order valence-electron chi connectivity index (χ4n) is 3.12. The number of nitrogens with one attached hydrogen (secondary N) is 1. The fraction of sp³-hybridized carbons (Fsp3) is 0.350. The van der Waals surface area contributed by atoms with Gasteiger partial charge in [-0.3, -0.25) is 4.79 Å². The summed E-state index contributed by atoms with van der Waals surface area (Å²) in [4.78, 5) is 12.3. The molecule has 1 amide bonds. The zero-order valence-corrected chi connectivity index (χ0v) is 16.5. The van der Waals surface area contributed by atoms with Gasteiger partial charge < -0.3 is 15.2 Å². The minimum absolute atomic E-state index is 0.0673. The zero-order chi connectivity index (χ0) is 20.1. The number of aromatic hydroxyl groups is 1. The lowest BCUT2D eigenvalue weighted by Gasteiger charge is -2.16. The highest BCUT2D eigenvalue weighted by Crippen LogP contribution is 2.29. The summed E-state index contributed by atoms with van der Waals surface area (Å²) >= 11 is 0. The number of methoxy groups -OCH3 is 1. The minimum atomic E-state index is -3.62. The Hall–Kier alpha value is -2.58. The van der Waals surface area contributed by atoms with Crippen LogP contribution >= 0.6 is 0 Å². The molecule has 7 nitrogen and oxygen atoms in total. The summed E-state index contributed by atoms with van der Waals surface area (Å²) in [6.45, 7) is 0.986. The quantitative estimate of drug-likeness (QED) is 0.692. The molecule has 2 N–H and O–H groups in total. The Balaban J connectivity index is 1.66. The maximum Gasteiger partial charge on any atom is 0.243 e. The average Bonchev–Trinajstić information content (AvgIpc) is 3.24. The van der Waals surface area contributed by atoms with E-state index in [2.05, 4.69) is 5.32 Å². The van der Waals surface area contributed by atoms with E-state index in [-0.39, 0.29) is 28.7 Å². The molecule has 0 atom stereocenters. The SMILES string of the molecule is COc1ccc(CCC(=O)Nc2cc(S(=O)(=O)N3CCCC3)ccc2O)cc1. The van der Waals surface area contributed by atoms with Crippen LogP contribution in [0.5, 0.6) is 11.5 Å². The molecular formula is C20H24N2O5S. The highest BCUT2D eigenvalue weighted by molar-refractivity contribution is 7.89. The molecule has 2 aromatic rings. The molecule has 1 saturated heterocycles. The molecule has 0 aliphatic carbocycles. The topological polar surface area (TPSA) is 95.9 Å². The van der Waals surface area contributed by atoms with Crippen LogP contribution in [0.25, 0.3) is 0 Å². The van der Waals surface area contributed by atoms with E-state index in [0.29, 0.717) is 19.5 Å². The lowest BCUT2D eigenvalue weighted by Crippen LogP contribution is -2.28. The number of hydrogen-bond donors (Lipinski definition) is 2. The molecule has 8 heteroatoms. The van der Waals surface area contributed by atoms with Gasteiger partial charge in [0.2, 0.25) is 15.9 Å². The van der Waals surface area contributed by atoms with Gasteiger partial charge in [0.1, 0.15) is 11.5 Å². The Morgan fingerprint density at radius 2 is 1.82 bits per heavy atom. The summed E-state index contributed by atoms with van der Waals surface area (Å²) in [5.74, 6) is 0.272. The first-order valence-electron chi connectivity index (χ1n) is 9.16. The number of carbonyl (C=O) groups is 1. The highest BCUT2D eigenvalue weighted by atomic mass is 32.2. The Bertz CT molecular complexity index is 936. The third kappa shape index (κ3) is 4.63. The van der Waals surface area contributed by atoms with Gasteiger partial charge in [-0.25, -0.2) is 8.42 Å². The summed E-state index contributed by atoms with van der Waals surface area (Å²) in [5, 5.41) is 12.6. The number of sulfonamides is 1. The summed E-state index contributed by atoms with van der Waals surface area (Å²) in [6, 6.07) is 11.4. The minimum Gasteiger partial charge on any atom is -0.506 e. The summed E-state index contributed by atoms with van der Waals surface area (Å²) in [6.07, 6.45) is 2.40. The van der Waals surface area contributed by atoms with Crippen LogP contribution in [0.1, 0.15) is 24.8 Å². The molecule has 150 valence electrons. The van der Waals surface area contributed by atoms with Gasteiger partial charge in [-0.1, -0.05) is 12.1 Å². The zero-order valence-electron chi connectivity index (χ0n) is 15.7. The second kappa shape index (κ2) is 8.62. The van der Waals surface area contributed by atoms with Crippen molar-refractivity contribution in [2.75, 3.05) is 25.5 Å². The molecule has 1 aliphatic rings. The predicted molar refractivity (Wildman–Crippen MR) is 106 cm³/mol. The average molecular weight is 404 g/mol. The number of ether oxygens (including phenoxy) is 1. The Labute approximate surface area is 165 Å². The Kier molecular flexibility index (Phi) is 6.21. The molecule has 1 fully saturated rings. The van der Waals surface area contributed by atoms with Crippen molar-refractivity contribution in [1.29, 1.82) is 0 Å². The number of benzene rings is 2. The first-order valence-corrected chi connectivity index (χ1v) is 10.6. The highest BCUT2D eigenvalue weighted by Gasteiger charge is 2.27. The third-order valence-corrected chi connectivity index (χ3v) is 6.64. The van der Waals surface area contributed by atoms with Crippen LogP contribution in [0.4, 0.5) is 5.69 Å². The number of phenols is 1. The second-order valence-electron chi connectivity index (χ2n) is 6.69. The first-order chi connectivity index (χ1) is 13.4. The van der Waals surface area contributed by atoms with Crippen molar-refractivity contribution >= 4 is 21.6 Å². The normalized spacial score (nSPS) is 14.8. The van der Waals surface area contributed by atoms with Crippen LogP contribution in [-0.4, -0.2) is 43.9 Å². The third-order valence-electron chi connectivity index (χ3n) is 4.74. The molecular weight excluding hydrogens is 380 g/mol. The molecule has 0 unspecified atom stereocenters. The number of amides is 1. The molecule has 0 radical (unpaired) electrons. The number of anilines is 1. The fourth-order valence-corrected chi connectivity index (χ4v) is 4.66. The van der Waals surface area contributed by atoms with E-state index in [4.69, 9.17) is 4.74 Å². The van der Waals surface area contributed by atoms with Gasteiger partial charge in [-0.05, 0) is 55.2 Å². The molecule has 1 heterocycles. The molecule has 1 aliphatic heterocycles. The summed E-state index contributed by atoms with van der Waals surface area (Å²) < 4.78 is 31.9. The van der Waals surface area contributed by atoms with Crippen molar-refractivity contribution < 1.29 is 23.1 Å². The van der Waals surface area contributed by atoms with Crippen LogP contribution in [0.15, 0.2) is 47.4 Å². The lowest BCUT2D eigenvalue weighted by molar-refractivity contribution is -0.116. The second-order valence-corrected chi connectivity index (χ2v) is 8.62. The van der Waals surface area contributed by atoms with Crippen molar-refractivity contribution in [3.8, 4) is 11.5 Å². The lowest BCUT2D eigenvalue weighted by atomic mass is 10.1. The van der Waals surface area contributed by atoms with Gasteiger partial charge in [0, 0.05) is 19.5 Å². The van der Waals surface area contributed by atoms with Crippen molar-refractivity contribution in [1.82, 2.24) is 4.31 Å². The van der Waals surface area contributed by atoms with Crippen LogP contribution in [0.3, 0.4) is 0 Å². The number of aryl methyl sites for hydroxylation is 1. The maximum atomic E-state index is 12.7. The van der Waals surface area contributed by atoms with Crippen LogP contribution < -0.4 is 10.1 Å². The monoisotopic (exact) mass is 404 g/mol. The van der Waals surface area contributed by atoms with Crippen LogP contribution in [-0.2, 0) is 21.2 Å². The number of phenolic OH excluding ortho intramolecular Hbond substituents is 1. The van der Waals surface area contributed by atoms with E-state index in [1.807, 2.05) is 24.3 Å². The smallest absolute Gasteiger partial charge is 0.243 e. The van der Waals surface area contributed by atoms with Crippen LogP contribution in [0, 0.1) is 0 Å². The van der Waals surface area contributed by atoms with Gasteiger partial charge in [0.05, 0.1) is 17.7 Å². The van der Waals surface area contributed by atoms with E-state index in [9.17, 15) is 18.3 Å². The number of carbonyl (C=O) groups excluding carboxylic acids is 1. The molecule has 0 spiro atoms. The predicted octanol–water partition coefficient (Wildman–Crippen LogP) is 2.76. The number of rotatable bonds is 7. The van der Waals surface area contributed by atoms with E-state index in [1.54, 1.807) is 7.11 Å². The molecule has 2 aromatic carbocycles. The van der Waals surface area contributed by atoms with Crippen molar-refractivity contribution in [2.24, 2.45) is 0 Å². The van der Waals surface area contributed by atoms with Gasteiger partial charge in [-0.2, -0.15) is 4.31 Å². The molecule has 0 bridgehead atoms. The number of hydrogen-bond acceptors (Lipinski definition) is 5. The standard InChI is InChI=1S/C20H24N2O5S/c1-27-16-7-4-15(5-8-16)6-11-20(24)21-18-14-17(9-10-19(18)23)28(25,26)22-12-2-3-13-22/h4-5,7-10,14,23H,2-3,6,11-13H2,1H3,(H,21,24). The summed E-state index contributed by atoms with van der Waals surface area (Å²) in [7, 11) is -2.03. The van der Waals surface area contributed by atoms with Gasteiger partial charge in [0.15, 0.2) is 0 Å². The number of nitrogens with zero attached hydrogens (tertiary/aromatic N) is 1.